The van der Waals surface area contributed by atoms with Crippen LogP contribution in [0.2, 0.25) is 18.1 Å². The molecular weight excluding hydrogens is 944 g/mol. The van der Waals surface area contributed by atoms with E-state index in [-0.39, 0.29) is 10.5 Å². The first-order valence-corrected chi connectivity index (χ1v) is 27.4. The van der Waals surface area contributed by atoms with Crippen LogP contribution in [0.15, 0.2) is 85.2 Å². The van der Waals surface area contributed by atoms with Crippen LogP contribution in [-0.2, 0) is 49.0 Å². The number of aromatic hydroxyl groups is 1. The van der Waals surface area contributed by atoms with Crippen molar-refractivity contribution < 1.29 is 27.5 Å². The number of H-pyrrole nitrogens is 1. The Morgan fingerprint density at radius 2 is 1.22 bits per heavy atom. The van der Waals surface area contributed by atoms with Crippen LogP contribution in [0.4, 0.5) is 5.69 Å². The second-order valence-electron chi connectivity index (χ2n) is 18.2. The van der Waals surface area contributed by atoms with Gasteiger partial charge in [0.1, 0.15) is 11.5 Å². The van der Waals surface area contributed by atoms with Crippen molar-refractivity contribution in [2.75, 3.05) is 0 Å². The van der Waals surface area contributed by atoms with Gasteiger partial charge in [-0.05, 0) is 162 Å². The van der Waals surface area contributed by atoms with E-state index in [1.807, 2.05) is 13.8 Å². The van der Waals surface area contributed by atoms with E-state index >= 15 is 0 Å². The Morgan fingerprint density at radius 1 is 0.707 bits per heavy atom. The van der Waals surface area contributed by atoms with Crippen molar-refractivity contribution in [1.82, 2.24) is 4.98 Å². The summed E-state index contributed by atoms with van der Waals surface area (Å²) in [4.78, 5) is 3.14. The summed E-state index contributed by atoms with van der Waals surface area (Å²) in [6.45, 7) is 24.4. The van der Waals surface area contributed by atoms with Crippen LogP contribution >= 0.6 is 31.9 Å². The number of rotatable bonds is 6. The molecule has 1 heterocycles. The second kappa shape index (κ2) is 19.8. The van der Waals surface area contributed by atoms with E-state index < -0.39 is 26.2 Å². The summed E-state index contributed by atoms with van der Waals surface area (Å²) < 4.78 is 16.1. The third-order valence-electron chi connectivity index (χ3n) is 12.0. The Morgan fingerprint density at radius 3 is 1.74 bits per heavy atom. The molecule has 4 nitrogen and oxygen atoms in total. The van der Waals surface area contributed by atoms with Crippen molar-refractivity contribution in [3.63, 3.8) is 0 Å². The number of halogens is 2. The molecule has 7 rings (SSSR count). The molecule has 2 N–H and O–H groups in total. The zero-order chi connectivity index (χ0) is 42.4. The molecule has 1 aromatic heterocycles. The van der Waals surface area contributed by atoms with Gasteiger partial charge in [0.15, 0.2) is 0 Å². The first-order valence-electron chi connectivity index (χ1n) is 20.8. The Kier molecular flexibility index (Phi) is 15.8. The number of nitrogens with one attached hydrogen (secondary N) is 1. The maximum absolute atomic E-state index is 11.4. The van der Waals surface area contributed by atoms with Crippen molar-refractivity contribution in [2.24, 2.45) is 3.50 Å². The molecule has 2 aliphatic carbocycles. The fourth-order valence-electron chi connectivity index (χ4n) is 7.49. The van der Waals surface area contributed by atoms with Gasteiger partial charge >= 0.3 is 130 Å². The predicted octanol–water partition coefficient (Wildman–Crippen LogP) is 15.3. The fraction of sp³-hybridized carbons (Fsp3) is 0.420. The minimum absolute atomic E-state index is 0.0956. The monoisotopic (exact) mass is 1010 g/mol. The van der Waals surface area contributed by atoms with Crippen molar-refractivity contribution in [1.29, 1.82) is 0 Å². The average Bonchev–Trinajstić information content (AvgIpc) is 3.56. The number of benzene rings is 4. The zero-order valence-corrected chi connectivity index (χ0v) is 42.8. The SMILES string of the molecule is CC(C)(C)[Si](C)(C)Oc1c(Br)cc2c(c1-c1c(O)c(Br)cc3c1CCCC3)CCCC2.Cc1ccc(C)[nH]1.Cc1cccc(C)c1[N]=[Mo]=[CH]C(C)(C)c1ccccc1. The Hall–Kier alpha value is -2.70. The molecule has 0 unspecified atom stereocenters. The van der Waals surface area contributed by atoms with Gasteiger partial charge in [-0.15, -0.1) is 0 Å². The molecule has 310 valence electrons. The number of aromatic amines is 1. The van der Waals surface area contributed by atoms with E-state index in [2.05, 4.69) is 176 Å². The van der Waals surface area contributed by atoms with Crippen LogP contribution in [0.5, 0.6) is 11.5 Å². The van der Waals surface area contributed by atoms with Gasteiger partial charge in [0.2, 0.25) is 0 Å². The molecule has 0 spiro atoms. The van der Waals surface area contributed by atoms with E-state index in [0.29, 0.717) is 5.75 Å². The van der Waals surface area contributed by atoms with E-state index in [0.717, 1.165) is 51.5 Å². The van der Waals surface area contributed by atoms with Crippen molar-refractivity contribution in [3.05, 3.63) is 132 Å². The van der Waals surface area contributed by atoms with E-state index in [1.165, 1.54) is 81.7 Å². The number of hydrogen-bond donors (Lipinski definition) is 2. The first-order chi connectivity index (χ1) is 27.3. The molecular formula is C50H64Br2MoN2O2Si. The molecule has 0 amide bonds. The summed E-state index contributed by atoms with van der Waals surface area (Å²) in [5.74, 6) is 1.31. The van der Waals surface area contributed by atoms with Gasteiger partial charge < -0.3 is 14.5 Å². The van der Waals surface area contributed by atoms with Gasteiger partial charge in [0.25, 0.3) is 8.32 Å². The quantitative estimate of drug-likeness (QED) is 0.167. The van der Waals surface area contributed by atoms with Crippen LogP contribution in [-0.4, -0.2) is 22.8 Å². The molecule has 5 aromatic rings. The summed E-state index contributed by atoms with van der Waals surface area (Å²) in [5, 5.41) is 11.5. The van der Waals surface area contributed by atoms with Crippen molar-refractivity contribution in [3.8, 4) is 22.6 Å². The van der Waals surface area contributed by atoms with Crippen LogP contribution in [0.3, 0.4) is 0 Å². The number of nitrogens with zero attached hydrogens (tertiary/aromatic N) is 1. The van der Waals surface area contributed by atoms with Gasteiger partial charge in [-0.3, -0.25) is 0 Å². The topological polar surface area (TPSA) is 57.6 Å². The summed E-state index contributed by atoms with van der Waals surface area (Å²) in [5.41, 5.74) is 15.3. The van der Waals surface area contributed by atoms with Crippen molar-refractivity contribution in [2.45, 2.75) is 137 Å². The van der Waals surface area contributed by atoms with Gasteiger partial charge in [0, 0.05) is 22.5 Å². The average molecular weight is 1010 g/mol. The van der Waals surface area contributed by atoms with Crippen LogP contribution in [0, 0.1) is 27.7 Å². The molecule has 0 radical (unpaired) electrons. The Bertz CT molecular complexity index is 2240. The minimum atomic E-state index is -2.08. The van der Waals surface area contributed by atoms with E-state index in [1.54, 1.807) is 0 Å². The summed E-state index contributed by atoms with van der Waals surface area (Å²) in [7, 11) is -2.08. The predicted molar refractivity (Wildman–Crippen MR) is 254 cm³/mol. The molecule has 4 aromatic carbocycles. The van der Waals surface area contributed by atoms with Gasteiger partial charge in [0.05, 0.1) is 8.95 Å². The molecule has 8 heteroatoms. The number of phenolic OH excluding ortho intramolecular Hbond substituents is 1. The van der Waals surface area contributed by atoms with Crippen LogP contribution in [0.1, 0.15) is 111 Å². The second-order valence-corrected chi connectivity index (χ2v) is 26.1. The standard InChI is InChI=1S/C26H34Br2O2Si.C10H12.C8H9N.C6H9N.Mo/c1-26(2,3)31(4,5)30-25-21(28)15-17-11-7-9-13-19(17)23(25)22-18-12-8-6-10-16(18)14-20(27)24(22)29;1-10(2,3)9-7-5-4-6-8-9;1-6-4-3-5-7(2)8(6)9;1-5-3-4-6(2)7-5;/h14-15,29H,6-13H2,1-5H3;1,4-8H,2-3H3;3-5H,1-2H3;3-4,7H,1-2H3;. The first kappa shape index (κ1) is 46.4. The number of phenols is 1. The zero-order valence-electron chi connectivity index (χ0n) is 36.6. The Balaban J connectivity index is 0.000000201. The van der Waals surface area contributed by atoms with Gasteiger partial charge in [-0.25, -0.2) is 0 Å². The molecule has 2 aliphatic rings. The Labute approximate surface area is 375 Å². The molecule has 0 saturated carbocycles. The number of fused-ring (bicyclic) bond motifs is 2. The third-order valence-corrected chi connectivity index (χ3v) is 19.9. The summed E-state index contributed by atoms with van der Waals surface area (Å²) in [6.07, 6.45) is 9.05. The molecule has 0 aliphatic heterocycles. The van der Waals surface area contributed by atoms with E-state index in [9.17, 15) is 5.11 Å². The fourth-order valence-corrected chi connectivity index (χ4v) is 11.8. The number of hydrogen-bond acceptors (Lipinski definition) is 3. The van der Waals surface area contributed by atoms with Crippen LogP contribution < -0.4 is 4.43 Å². The van der Waals surface area contributed by atoms with Crippen molar-refractivity contribution >= 4 is 50.3 Å². The maximum atomic E-state index is 11.4. The van der Waals surface area contributed by atoms with E-state index in [4.69, 9.17) is 7.92 Å². The normalized spacial score (nSPS) is 13.8. The molecule has 0 bridgehead atoms. The van der Waals surface area contributed by atoms with Gasteiger partial charge in [-0.2, -0.15) is 0 Å². The summed E-state index contributed by atoms with van der Waals surface area (Å²) in [6, 6.07) is 25.6. The van der Waals surface area contributed by atoms with Gasteiger partial charge in [-0.1, -0.05) is 20.8 Å². The molecule has 58 heavy (non-hydrogen) atoms. The molecule has 0 atom stereocenters. The number of aromatic nitrogens is 1. The third kappa shape index (κ3) is 11.4. The summed E-state index contributed by atoms with van der Waals surface area (Å²) >= 11 is 7.05. The molecule has 0 fully saturated rings. The van der Waals surface area contributed by atoms with Crippen LogP contribution in [0.25, 0.3) is 11.1 Å². The molecule has 0 saturated heterocycles. The number of aryl methyl sites for hydroxylation is 6.